The van der Waals surface area contributed by atoms with Crippen molar-refractivity contribution in [2.24, 2.45) is 29.6 Å². The Morgan fingerprint density at radius 1 is 0.940 bits per heavy atom. The summed E-state index contributed by atoms with van der Waals surface area (Å²) in [6.07, 6.45) is 5.32. The number of likely N-dealkylation sites (tertiary alicyclic amines) is 1. The highest BCUT2D eigenvalue weighted by molar-refractivity contribution is 5.90. The van der Waals surface area contributed by atoms with E-state index in [1.165, 1.54) is 0 Å². The summed E-state index contributed by atoms with van der Waals surface area (Å²) < 4.78 is 12.0. The molecule has 8 atom stereocenters. The maximum absolute atomic E-state index is 14.2. The number of carbonyl (C=O) groups excluding carboxylic acids is 4. The van der Waals surface area contributed by atoms with Gasteiger partial charge in [0.15, 0.2) is 5.78 Å². The molecule has 0 aromatic carbocycles. The van der Waals surface area contributed by atoms with E-state index in [1.54, 1.807) is 32.4 Å². The summed E-state index contributed by atoms with van der Waals surface area (Å²) in [7, 11) is 8.83. The normalized spacial score (nSPS) is 19.3. The van der Waals surface area contributed by atoms with Gasteiger partial charge in [0.2, 0.25) is 11.8 Å². The lowest BCUT2D eigenvalue weighted by molar-refractivity contribution is -0.149. The van der Waals surface area contributed by atoms with Gasteiger partial charge in [0.25, 0.3) is 0 Å². The van der Waals surface area contributed by atoms with Crippen LogP contribution in [0.5, 0.6) is 0 Å². The third-order valence-corrected chi connectivity index (χ3v) is 11.0. The van der Waals surface area contributed by atoms with Gasteiger partial charge in [-0.05, 0) is 69.7 Å². The molecule has 0 saturated carbocycles. The van der Waals surface area contributed by atoms with Crippen LogP contribution >= 0.6 is 0 Å². The molecular formula is C40H68N4O6. The van der Waals surface area contributed by atoms with Gasteiger partial charge in [0.1, 0.15) is 5.78 Å². The Morgan fingerprint density at radius 2 is 1.62 bits per heavy atom. The van der Waals surface area contributed by atoms with Gasteiger partial charge >= 0.3 is 0 Å². The monoisotopic (exact) mass is 701 g/mol. The minimum atomic E-state index is -0.548. The Labute approximate surface area is 303 Å². The van der Waals surface area contributed by atoms with Crippen molar-refractivity contribution in [1.82, 2.24) is 19.7 Å². The van der Waals surface area contributed by atoms with E-state index in [-0.39, 0.29) is 78.0 Å². The van der Waals surface area contributed by atoms with Crippen LogP contribution in [0.15, 0.2) is 24.4 Å². The van der Waals surface area contributed by atoms with Crippen LogP contribution in [0.4, 0.5) is 0 Å². The first kappa shape index (κ1) is 43.5. The van der Waals surface area contributed by atoms with Crippen molar-refractivity contribution in [3.8, 4) is 0 Å². The minimum Gasteiger partial charge on any atom is -0.379 e. The standard InChI is InChI=1S/C40H68N4O6/c1-13-28(6)38(43(10)40(48)31(26(2)3)24-34(46)37(27(4)5)42(8)9)35(49-11)25-36(47)44-23-17-20-32(44)39(50-12)29(7)33(45)21-16-19-30-18-14-15-22-41-30/h14-15,18,22,26-29,31-32,35,37-39H,13,16-17,19-21,23-25H2,1-12H3/t28-,29-,31-,32-,35+,37-,38-,39+/m0/s1. The Balaban J connectivity index is 2.21. The molecule has 1 aliphatic rings. The lowest BCUT2D eigenvalue weighted by Crippen LogP contribution is -2.54. The van der Waals surface area contributed by atoms with Crippen molar-refractivity contribution >= 4 is 23.4 Å². The lowest BCUT2D eigenvalue weighted by Gasteiger charge is -2.41. The Bertz CT molecular complexity index is 1200. The number of ether oxygens (including phenoxy) is 2. The number of nitrogens with zero attached hydrogens (tertiary/aromatic N) is 4. The van der Waals surface area contributed by atoms with Crippen molar-refractivity contribution in [3.63, 3.8) is 0 Å². The van der Waals surface area contributed by atoms with Crippen molar-refractivity contribution in [2.75, 3.05) is 41.9 Å². The molecule has 0 radical (unpaired) electrons. The fraction of sp³-hybridized carbons (Fsp3) is 0.775. The summed E-state index contributed by atoms with van der Waals surface area (Å²) >= 11 is 0. The summed E-state index contributed by atoms with van der Waals surface area (Å²) in [6.45, 7) is 14.7. The maximum Gasteiger partial charge on any atom is 0.226 e. The minimum absolute atomic E-state index is 0.0416. The molecule has 2 heterocycles. The van der Waals surface area contributed by atoms with Gasteiger partial charge < -0.3 is 19.3 Å². The maximum atomic E-state index is 14.2. The molecule has 1 fully saturated rings. The van der Waals surface area contributed by atoms with Crippen LogP contribution in [-0.4, -0.2) is 115 Å². The first-order valence-corrected chi connectivity index (χ1v) is 18.8. The summed E-state index contributed by atoms with van der Waals surface area (Å²) in [5, 5.41) is 0. The van der Waals surface area contributed by atoms with Crippen molar-refractivity contribution < 1.29 is 28.7 Å². The molecule has 1 aliphatic heterocycles. The molecule has 2 amide bonds. The largest absolute Gasteiger partial charge is 0.379 e. The first-order valence-electron chi connectivity index (χ1n) is 18.8. The second-order valence-electron chi connectivity index (χ2n) is 15.4. The molecule has 1 aromatic rings. The van der Waals surface area contributed by atoms with E-state index in [9.17, 15) is 19.2 Å². The van der Waals surface area contributed by atoms with Gasteiger partial charge in [-0.2, -0.15) is 0 Å². The fourth-order valence-corrected chi connectivity index (χ4v) is 8.02. The molecule has 10 nitrogen and oxygen atoms in total. The van der Waals surface area contributed by atoms with Gasteiger partial charge in [0, 0.05) is 64.4 Å². The molecule has 2 rings (SSSR count). The number of rotatable bonds is 22. The van der Waals surface area contributed by atoms with Crippen LogP contribution in [0.1, 0.15) is 99.1 Å². The predicted octanol–water partition coefficient (Wildman–Crippen LogP) is 5.71. The highest BCUT2D eigenvalue weighted by Crippen LogP contribution is 2.31. The van der Waals surface area contributed by atoms with Gasteiger partial charge in [0.05, 0.1) is 36.8 Å². The van der Waals surface area contributed by atoms with E-state index >= 15 is 0 Å². The van der Waals surface area contributed by atoms with Gasteiger partial charge in [-0.3, -0.25) is 29.1 Å². The number of hydrogen-bond donors (Lipinski definition) is 0. The number of amides is 2. The number of aryl methyl sites for hydroxylation is 1. The third kappa shape index (κ3) is 11.7. The highest BCUT2D eigenvalue weighted by Gasteiger charge is 2.43. The van der Waals surface area contributed by atoms with Crippen LogP contribution in [0, 0.1) is 29.6 Å². The van der Waals surface area contributed by atoms with Crippen molar-refractivity contribution in [1.29, 1.82) is 0 Å². The van der Waals surface area contributed by atoms with Crippen LogP contribution < -0.4 is 0 Å². The van der Waals surface area contributed by atoms with E-state index < -0.39 is 18.1 Å². The molecule has 1 aromatic heterocycles. The number of ketones is 2. The van der Waals surface area contributed by atoms with Gasteiger partial charge in [-0.25, -0.2) is 0 Å². The molecule has 50 heavy (non-hydrogen) atoms. The second-order valence-corrected chi connectivity index (χ2v) is 15.4. The zero-order valence-electron chi connectivity index (χ0n) is 33.2. The predicted molar refractivity (Wildman–Crippen MR) is 199 cm³/mol. The van der Waals surface area contributed by atoms with Crippen molar-refractivity contribution in [2.45, 2.75) is 130 Å². The van der Waals surface area contributed by atoms with Crippen LogP contribution in [-0.2, 0) is 35.1 Å². The number of likely N-dealkylation sites (N-methyl/N-ethyl adjacent to an activating group) is 2. The summed E-state index contributed by atoms with van der Waals surface area (Å²) in [4.78, 5) is 65.1. The first-order chi connectivity index (χ1) is 23.6. The number of Topliss-reactive ketones (excluding diaryl/α,β-unsaturated/α-hetero) is 2. The third-order valence-electron chi connectivity index (χ3n) is 11.0. The second kappa shape index (κ2) is 21.0. The number of methoxy groups -OCH3 is 2. The number of carbonyl (C=O) groups is 4. The van der Waals surface area contributed by atoms with E-state index in [0.29, 0.717) is 19.4 Å². The molecule has 0 aliphatic carbocycles. The Morgan fingerprint density at radius 3 is 2.14 bits per heavy atom. The van der Waals surface area contributed by atoms with E-state index in [2.05, 4.69) is 18.8 Å². The van der Waals surface area contributed by atoms with E-state index in [0.717, 1.165) is 31.4 Å². The Kier molecular flexibility index (Phi) is 18.2. The highest BCUT2D eigenvalue weighted by atomic mass is 16.5. The molecule has 10 heteroatoms. The number of pyridine rings is 1. The molecule has 284 valence electrons. The van der Waals surface area contributed by atoms with Gasteiger partial charge in [-0.15, -0.1) is 0 Å². The summed E-state index contributed by atoms with van der Waals surface area (Å²) in [6, 6.07) is 4.95. The molecule has 0 spiro atoms. The van der Waals surface area contributed by atoms with Crippen molar-refractivity contribution in [3.05, 3.63) is 30.1 Å². The molecule has 0 N–H and O–H groups in total. The SMILES string of the molecule is CC[C@H](C)[C@@H]([C@@H](CC(=O)N1CCC[C@H]1[C@H](OC)[C@@H](C)C(=O)CCCc1ccccn1)OC)N(C)C(=O)[C@@H](CC(=O)[C@H](C(C)C)N(C)C)C(C)C. The average Bonchev–Trinajstić information content (AvgIpc) is 3.56. The zero-order valence-corrected chi connectivity index (χ0v) is 33.2. The molecule has 0 unspecified atom stereocenters. The molecule has 1 saturated heterocycles. The zero-order chi connectivity index (χ0) is 37.7. The van der Waals surface area contributed by atoms with E-state index in [4.69, 9.17) is 9.47 Å². The topological polar surface area (TPSA) is 109 Å². The number of aromatic nitrogens is 1. The summed E-state index contributed by atoms with van der Waals surface area (Å²) in [5.41, 5.74) is 0.969. The van der Waals surface area contributed by atoms with E-state index in [1.807, 2.05) is 76.7 Å². The lowest BCUT2D eigenvalue weighted by atomic mass is 9.83. The number of hydrogen-bond acceptors (Lipinski definition) is 8. The van der Waals surface area contributed by atoms with Crippen LogP contribution in [0.3, 0.4) is 0 Å². The molecule has 0 bridgehead atoms. The molecular weight excluding hydrogens is 632 g/mol. The quantitative estimate of drug-likeness (QED) is 0.151. The smallest absolute Gasteiger partial charge is 0.226 e. The summed E-state index contributed by atoms with van der Waals surface area (Å²) in [5.74, 6) is -0.687. The Hall–Kier alpha value is -2.69. The van der Waals surface area contributed by atoms with Crippen LogP contribution in [0.2, 0.25) is 0 Å². The fourth-order valence-electron chi connectivity index (χ4n) is 8.02. The van der Waals surface area contributed by atoms with Gasteiger partial charge in [-0.1, -0.05) is 61.0 Å². The van der Waals surface area contributed by atoms with Crippen LogP contribution in [0.25, 0.3) is 0 Å². The average molecular weight is 701 g/mol.